The quantitative estimate of drug-likeness (QED) is 0.401. The monoisotopic (exact) mass is 486 g/mol. The maximum Gasteiger partial charge on any atom is 0.224 e. The van der Waals surface area contributed by atoms with Gasteiger partial charge in [-0.15, -0.1) is 0 Å². The van der Waals surface area contributed by atoms with Crippen molar-refractivity contribution in [3.63, 3.8) is 0 Å². The molecule has 1 heterocycles. The van der Waals surface area contributed by atoms with Gasteiger partial charge in [0.1, 0.15) is 0 Å². The fourth-order valence-electron chi connectivity index (χ4n) is 4.99. The van der Waals surface area contributed by atoms with E-state index >= 15 is 0 Å². The zero-order valence-electron chi connectivity index (χ0n) is 19.1. The van der Waals surface area contributed by atoms with Gasteiger partial charge in [-0.3, -0.25) is 9.59 Å². The normalized spacial score (nSPS) is 19.0. The number of rotatable bonds is 6. The number of nitrogens with one attached hydrogen (secondary N) is 2. The molecule has 178 valence electrons. The van der Waals surface area contributed by atoms with E-state index in [1.807, 2.05) is 84.9 Å². The second-order valence-corrected chi connectivity index (χ2v) is 11.3. The highest BCUT2D eigenvalue weighted by Crippen LogP contribution is 2.32. The van der Waals surface area contributed by atoms with E-state index in [1.165, 1.54) is 0 Å². The summed E-state index contributed by atoms with van der Waals surface area (Å²) >= 11 is 0. The molecule has 5 rings (SSSR count). The molecule has 1 saturated heterocycles. The highest BCUT2D eigenvalue weighted by atomic mass is 32.2. The first-order valence-electron chi connectivity index (χ1n) is 11.6. The van der Waals surface area contributed by atoms with Crippen LogP contribution in [0.5, 0.6) is 0 Å². The van der Waals surface area contributed by atoms with E-state index in [0.29, 0.717) is 11.4 Å². The van der Waals surface area contributed by atoms with Gasteiger partial charge in [0, 0.05) is 35.0 Å². The molecule has 2 N–H and O–H groups in total. The lowest BCUT2D eigenvalue weighted by Gasteiger charge is -2.18. The van der Waals surface area contributed by atoms with Crippen molar-refractivity contribution in [3.05, 3.63) is 84.9 Å². The molecule has 0 aromatic heterocycles. The van der Waals surface area contributed by atoms with Crippen molar-refractivity contribution in [3.8, 4) is 0 Å². The van der Waals surface area contributed by atoms with Gasteiger partial charge in [-0.25, -0.2) is 8.42 Å². The van der Waals surface area contributed by atoms with Crippen LogP contribution in [0.25, 0.3) is 21.5 Å². The van der Waals surface area contributed by atoms with E-state index in [0.717, 1.165) is 21.5 Å². The van der Waals surface area contributed by atoms with Crippen LogP contribution < -0.4 is 10.6 Å². The number of hydrogen-bond acceptors (Lipinski definition) is 4. The summed E-state index contributed by atoms with van der Waals surface area (Å²) in [6.45, 7) is 0. The third-order valence-corrected chi connectivity index (χ3v) is 8.50. The molecule has 0 aliphatic carbocycles. The third-order valence-electron chi connectivity index (χ3n) is 6.63. The fraction of sp³-hybridized carbons (Fsp3) is 0.214. The molecule has 0 spiro atoms. The summed E-state index contributed by atoms with van der Waals surface area (Å²) in [5.41, 5.74) is 1.39. The van der Waals surface area contributed by atoms with Gasteiger partial charge in [-0.05, 0) is 34.7 Å². The summed E-state index contributed by atoms with van der Waals surface area (Å²) in [5.74, 6) is -1.48. The van der Waals surface area contributed by atoms with Gasteiger partial charge in [0.05, 0.1) is 11.5 Å². The minimum absolute atomic E-state index is 0.0503. The van der Waals surface area contributed by atoms with Crippen molar-refractivity contribution >= 4 is 54.6 Å². The standard InChI is InChI=1S/C28H26N2O4S/c31-27(29-25-13-5-9-19-7-1-3-11-23(19)25)15-21-17-35(33,34)18-22(21)16-28(32)30-26-14-6-10-20-8-2-4-12-24(20)26/h1-14,21-22H,15-18H2,(H,29,31)(H,30,32)/t21-,22+. The molecule has 0 bridgehead atoms. The fourth-order valence-corrected chi connectivity index (χ4v) is 7.21. The summed E-state index contributed by atoms with van der Waals surface area (Å²) in [6, 6.07) is 26.9. The largest absolute Gasteiger partial charge is 0.326 e. The van der Waals surface area contributed by atoms with Crippen molar-refractivity contribution in [1.82, 2.24) is 0 Å². The van der Waals surface area contributed by atoms with Gasteiger partial charge in [-0.2, -0.15) is 0 Å². The predicted octanol–water partition coefficient (Wildman–Crippen LogP) is 5.01. The Balaban J connectivity index is 1.28. The Bertz CT molecular complexity index is 1410. The summed E-state index contributed by atoms with van der Waals surface area (Å²) in [4.78, 5) is 25.8. The first-order chi connectivity index (χ1) is 16.9. The number of carbonyl (C=O) groups is 2. The van der Waals surface area contributed by atoms with Crippen LogP contribution in [0.2, 0.25) is 0 Å². The summed E-state index contributed by atoms with van der Waals surface area (Å²) in [7, 11) is -3.31. The molecule has 1 aliphatic rings. The molecule has 1 fully saturated rings. The molecule has 2 amide bonds. The second kappa shape index (κ2) is 9.50. The lowest BCUT2D eigenvalue weighted by atomic mass is 9.89. The lowest BCUT2D eigenvalue weighted by Crippen LogP contribution is -2.25. The molecule has 1 aliphatic heterocycles. The van der Waals surface area contributed by atoms with Crippen LogP contribution >= 0.6 is 0 Å². The number of sulfone groups is 1. The minimum atomic E-state index is -3.31. The smallest absolute Gasteiger partial charge is 0.224 e. The van der Waals surface area contributed by atoms with E-state index in [4.69, 9.17) is 0 Å². The Morgan fingerprint density at radius 3 is 1.49 bits per heavy atom. The molecule has 6 nitrogen and oxygen atoms in total. The molecule has 4 aromatic carbocycles. The van der Waals surface area contributed by atoms with E-state index in [-0.39, 0.29) is 36.2 Å². The number of anilines is 2. The number of benzene rings is 4. The molecular weight excluding hydrogens is 460 g/mol. The molecule has 7 heteroatoms. The van der Waals surface area contributed by atoms with Gasteiger partial charge in [0.15, 0.2) is 9.84 Å². The van der Waals surface area contributed by atoms with Gasteiger partial charge < -0.3 is 10.6 Å². The van der Waals surface area contributed by atoms with Crippen LogP contribution in [0.3, 0.4) is 0 Å². The summed E-state index contributed by atoms with van der Waals surface area (Å²) in [6.07, 6.45) is 0.101. The average Bonchev–Trinajstić information content (AvgIpc) is 3.11. The number of fused-ring (bicyclic) bond motifs is 2. The summed E-state index contributed by atoms with van der Waals surface area (Å²) < 4.78 is 24.8. The third kappa shape index (κ3) is 5.20. The number of hydrogen-bond donors (Lipinski definition) is 2. The predicted molar refractivity (Wildman–Crippen MR) is 140 cm³/mol. The Morgan fingerprint density at radius 1 is 0.629 bits per heavy atom. The van der Waals surface area contributed by atoms with Crippen molar-refractivity contribution in [2.45, 2.75) is 12.8 Å². The Labute approximate surface area is 204 Å². The van der Waals surface area contributed by atoms with E-state index < -0.39 is 21.7 Å². The Kier molecular flexibility index (Phi) is 6.26. The van der Waals surface area contributed by atoms with E-state index in [2.05, 4.69) is 10.6 Å². The Morgan fingerprint density at radius 2 is 1.03 bits per heavy atom. The first-order valence-corrected chi connectivity index (χ1v) is 13.5. The SMILES string of the molecule is O=C(C[C@@H]1CS(=O)(=O)C[C@@H]1CC(=O)Nc1cccc2ccccc12)Nc1cccc2ccccc12. The van der Waals surface area contributed by atoms with Crippen molar-refractivity contribution in [2.75, 3.05) is 22.1 Å². The molecule has 0 unspecified atom stereocenters. The van der Waals surface area contributed by atoms with Gasteiger partial charge >= 0.3 is 0 Å². The average molecular weight is 487 g/mol. The second-order valence-electron chi connectivity index (χ2n) is 9.16. The molecule has 4 aromatic rings. The van der Waals surface area contributed by atoms with Crippen LogP contribution in [0.15, 0.2) is 84.9 Å². The number of carbonyl (C=O) groups excluding carboxylic acids is 2. The van der Waals surface area contributed by atoms with E-state index in [9.17, 15) is 18.0 Å². The van der Waals surface area contributed by atoms with Crippen molar-refractivity contribution in [1.29, 1.82) is 0 Å². The minimum Gasteiger partial charge on any atom is -0.326 e. The van der Waals surface area contributed by atoms with Gasteiger partial charge in [0.25, 0.3) is 0 Å². The maximum absolute atomic E-state index is 12.9. The van der Waals surface area contributed by atoms with Crippen LogP contribution in [0.4, 0.5) is 11.4 Å². The van der Waals surface area contributed by atoms with Crippen LogP contribution in [0.1, 0.15) is 12.8 Å². The lowest BCUT2D eigenvalue weighted by molar-refractivity contribution is -0.119. The zero-order chi connectivity index (χ0) is 24.4. The van der Waals surface area contributed by atoms with E-state index in [1.54, 1.807) is 0 Å². The maximum atomic E-state index is 12.9. The molecule has 0 saturated carbocycles. The molecule has 0 radical (unpaired) electrons. The zero-order valence-corrected chi connectivity index (χ0v) is 19.9. The molecule has 2 atom stereocenters. The van der Waals surface area contributed by atoms with Gasteiger partial charge in [-0.1, -0.05) is 72.8 Å². The van der Waals surface area contributed by atoms with Crippen LogP contribution in [-0.2, 0) is 19.4 Å². The number of amides is 2. The topological polar surface area (TPSA) is 92.3 Å². The molecular formula is C28H26N2O4S. The Hall–Kier alpha value is -3.71. The highest BCUT2D eigenvalue weighted by molar-refractivity contribution is 7.91. The summed E-state index contributed by atoms with van der Waals surface area (Å²) in [5, 5.41) is 9.75. The van der Waals surface area contributed by atoms with Gasteiger partial charge in [0.2, 0.25) is 11.8 Å². The van der Waals surface area contributed by atoms with Crippen molar-refractivity contribution in [2.24, 2.45) is 11.8 Å². The highest BCUT2D eigenvalue weighted by Gasteiger charge is 2.39. The first kappa shape index (κ1) is 23.1. The van der Waals surface area contributed by atoms with Crippen molar-refractivity contribution < 1.29 is 18.0 Å². The van der Waals surface area contributed by atoms with Crippen LogP contribution in [0, 0.1) is 11.8 Å². The van der Waals surface area contributed by atoms with Crippen LogP contribution in [-0.4, -0.2) is 31.7 Å². The molecule has 35 heavy (non-hydrogen) atoms.